The Kier molecular flexibility index (Phi) is 4.51. The molecular formula is C12H17Cl2OP. The summed E-state index contributed by atoms with van der Waals surface area (Å²) in [5, 5.41) is 0. The highest BCUT2D eigenvalue weighted by molar-refractivity contribution is 8.08. The average molecular weight is 279 g/mol. The van der Waals surface area contributed by atoms with E-state index < -0.39 is 5.85 Å². The summed E-state index contributed by atoms with van der Waals surface area (Å²) in [7, 11) is 0. The van der Waals surface area contributed by atoms with Crippen LogP contribution in [0.25, 0.3) is 0 Å². The zero-order valence-electron chi connectivity index (χ0n) is 9.84. The van der Waals surface area contributed by atoms with Crippen LogP contribution in [0.3, 0.4) is 0 Å². The topological polar surface area (TPSA) is 17.1 Å². The third-order valence-electron chi connectivity index (χ3n) is 2.47. The summed E-state index contributed by atoms with van der Waals surface area (Å²) in [5.74, 6) is -2.96. The van der Waals surface area contributed by atoms with E-state index in [-0.39, 0.29) is 5.41 Å². The average Bonchev–Trinajstić information content (AvgIpc) is 2.12. The normalized spacial score (nSPS) is 12.8. The molecule has 90 valence electrons. The molecule has 1 rings (SSSR count). The fourth-order valence-electron chi connectivity index (χ4n) is 1.72. The molecule has 0 bridgehead atoms. The molecule has 0 heterocycles. The van der Waals surface area contributed by atoms with Crippen LogP contribution in [0, 0.1) is 0 Å². The lowest BCUT2D eigenvalue weighted by Crippen LogP contribution is -2.14. The van der Waals surface area contributed by atoms with Crippen LogP contribution in [-0.4, -0.2) is 6.16 Å². The molecule has 4 heteroatoms. The molecule has 1 aromatic rings. The summed E-state index contributed by atoms with van der Waals surface area (Å²) in [4.78, 5) is 0. The number of halogens is 2. The molecule has 0 radical (unpaired) electrons. The molecule has 16 heavy (non-hydrogen) atoms. The van der Waals surface area contributed by atoms with Gasteiger partial charge in [-0.15, -0.1) is 0 Å². The van der Waals surface area contributed by atoms with Crippen LogP contribution in [0.1, 0.15) is 31.9 Å². The van der Waals surface area contributed by atoms with Gasteiger partial charge in [-0.2, -0.15) is 0 Å². The first kappa shape index (κ1) is 14.1. The van der Waals surface area contributed by atoms with Gasteiger partial charge in [0, 0.05) is 6.16 Å². The van der Waals surface area contributed by atoms with E-state index in [4.69, 9.17) is 22.5 Å². The Labute approximate surface area is 107 Å². The lowest BCUT2D eigenvalue weighted by Gasteiger charge is -2.22. The molecule has 0 aliphatic rings. The van der Waals surface area contributed by atoms with Crippen LogP contribution in [0.4, 0.5) is 0 Å². The van der Waals surface area contributed by atoms with E-state index in [0.29, 0.717) is 12.6 Å². The molecule has 0 fully saturated rings. The van der Waals surface area contributed by atoms with Gasteiger partial charge in [-0.05, 0) is 45.4 Å². The summed E-state index contributed by atoms with van der Waals surface area (Å²) < 4.78 is 11.3. The van der Waals surface area contributed by atoms with Crippen molar-refractivity contribution in [1.29, 1.82) is 0 Å². The first-order valence-corrected chi connectivity index (χ1v) is 8.97. The maximum Gasteiger partial charge on any atom is 0.253 e. The van der Waals surface area contributed by atoms with Crippen molar-refractivity contribution in [2.75, 3.05) is 6.16 Å². The van der Waals surface area contributed by atoms with Crippen molar-refractivity contribution >= 4 is 28.3 Å². The largest absolute Gasteiger partial charge is 0.289 e. The fourth-order valence-corrected chi connectivity index (χ4v) is 2.73. The van der Waals surface area contributed by atoms with Gasteiger partial charge in [0.25, 0.3) is 5.85 Å². The highest BCUT2D eigenvalue weighted by Gasteiger charge is 2.19. The number of rotatable bonds is 3. The van der Waals surface area contributed by atoms with Gasteiger partial charge in [-0.1, -0.05) is 45.0 Å². The molecule has 0 saturated heterocycles. The minimum Gasteiger partial charge on any atom is -0.289 e. The summed E-state index contributed by atoms with van der Waals surface area (Å²) in [6.45, 7) is 6.48. The molecule has 0 N–H and O–H groups in total. The van der Waals surface area contributed by atoms with Crippen LogP contribution in [0.5, 0.6) is 0 Å². The Bertz CT molecular complexity index is 404. The summed E-state index contributed by atoms with van der Waals surface area (Å²) in [5.41, 5.74) is 2.52. The van der Waals surface area contributed by atoms with E-state index in [9.17, 15) is 4.57 Å². The van der Waals surface area contributed by atoms with Gasteiger partial charge >= 0.3 is 0 Å². The first-order valence-electron chi connectivity index (χ1n) is 5.27. The second-order valence-electron chi connectivity index (χ2n) is 4.95. The van der Waals surface area contributed by atoms with Crippen molar-refractivity contribution in [2.24, 2.45) is 0 Å². The molecule has 0 aliphatic heterocycles. The van der Waals surface area contributed by atoms with Gasteiger partial charge in [-0.3, -0.25) is 4.57 Å². The summed E-state index contributed by atoms with van der Waals surface area (Å²) in [6.07, 6.45) is 1.00. The lowest BCUT2D eigenvalue weighted by atomic mass is 9.83. The summed E-state index contributed by atoms with van der Waals surface area (Å²) >= 11 is 11.1. The highest BCUT2D eigenvalue weighted by Crippen LogP contribution is 2.56. The van der Waals surface area contributed by atoms with Gasteiger partial charge in [0.1, 0.15) is 0 Å². The minimum atomic E-state index is -2.96. The van der Waals surface area contributed by atoms with Crippen LogP contribution in [-0.2, 0) is 16.4 Å². The molecule has 0 aliphatic carbocycles. The second-order valence-corrected chi connectivity index (χ2v) is 10.3. The van der Waals surface area contributed by atoms with Crippen LogP contribution < -0.4 is 0 Å². The van der Waals surface area contributed by atoms with Crippen molar-refractivity contribution in [3.05, 3.63) is 35.4 Å². The Balaban J connectivity index is 2.92. The van der Waals surface area contributed by atoms with E-state index in [0.717, 1.165) is 0 Å². The highest BCUT2D eigenvalue weighted by atomic mass is 35.9. The fraction of sp³-hybridized carbons (Fsp3) is 0.500. The number of hydrogen-bond donors (Lipinski definition) is 0. The molecule has 0 unspecified atom stereocenters. The molecule has 1 nitrogen and oxygen atoms in total. The third kappa shape index (κ3) is 4.49. The van der Waals surface area contributed by atoms with Crippen molar-refractivity contribution in [2.45, 2.75) is 32.6 Å². The molecule has 1 aromatic carbocycles. The SMILES string of the molecule is CC(C)(C)c1ccccc1CCP(=O)(Cl)Cl. The van der Waals surface area contributed by atoms with E-state index in [1.807, 2.05) is 18.2 Å². The smallest absolute Gasteiger partial charge is 0.253 e. The molecule has 0 aromatic heterocycles. The number of benzene rings is 1. The molecule has 0 amide bonds. The molecule has 0 spiro atoms. The van der Waals surface area contributed by atoms with E-state index in [1.54, 1.807) is 0 Å². The predicted octanol–water partition coefficient (Wildman–Crippen LogP) is 5.20. The summed E-state index contributed by atoms with van der Waals surface area (Å²) in [6, 6.07) is 8.15. The first-order chi connectivity index (χ1) is 7.20. The standard InChI is InChI=1S/C12H17Cl2OP/c1-12(2,3)11-7-5-4-6-10(11)8-9-16(13,14)15/h4-7H,8-9H2,1-3H3. The number of aryl methyl sites for hydroxylation is 1. The zero-order chi connectivity index (χ0) is 12.4. The third-order valence-corrected chi connectivity index (χ3v) is 4.23. The molecular weight excluding hydrogens is 262 g/mol. The molecule has 0 saturated carbocycles. The maximum absolute atomic E-state index is 11.3. The molecule has 0 atom stereocenters. The lowest BCUT2D eigenvalue weighted by molar-refractivity contribution is 0.580. The number of hydrogen-bond acceptors (Lipinski definition) is 1. The van der Waals surface area contributed by atoms with E-state index in [1.165, 1.54) is 11.1 Å². The van der Waals surface area contributed by atoms with Gasteiger partial charge in [-0.25, -0.2) is 0 Å². The van der Waals surface area contributed by atoms with Crippen molar-refractivity contribution in [1.82, 2.24) is 0 Å². The van der Waals surface area contributed by atoms with Gasteiger partial charge < -0.3 is 0 Å². The van der Waals surface area contributed by atoms with Crippen LogP contribution >= 0.6 is 28.3 Å². The zero-order valence-corrected chi connectivity index (χ0v) is 12.2. The quantitative estimate of drug-likeness (QED) is 0.695. The van der Waals surface area contributed by atoms with E-state index in [2.05, 4.69) is 26.8 Å². The predicted molar refractivity (Wildman–Crippen MR) is 73.0 cm³/mol. The van der Waals surface area contributed by atoms with Crippen molar-refractivity contribution in [3.63, 3.8) is 0 Å². The van der Waals surface area contributed by atoms with E-state index >= 15 is 0 Å². The van der Waals surface area contributed by atoms with Gasteiger partial charge in [0.05, 0.1) is 0 Å². The minimum absolute atomic E-state index is 0.0825. The Morgan fingerprint density at radius 2 is 1.75 bits per heavy atom. The van der Waals surface area contributed by atoms with Gasteiger partial charge in [0.15, 0.2) is 0 Å². The Hall–Kier alpha value is 0.0300. The van der Waals surface area contributed by atoms with Crippen molar-refractivity contribution < 1.29 is 4.57 Å². The Morgan fingerprint density at radius 1 is 1.19 bits per heavy atom. The Morgan fingerprint density at radius 3 is 2.25 bits per heavy atom. The van der Waals surface area contributed by atoms with Crippen LogP contribution in [0.15, 0.2) is 24.3 Å². The van der Waals surface area contributed by atoms with Crippen molar-refractivity contribution in [3.8, 4) is 0 Å². The van der Waals surface area contributed by atoms with Crippen LogP contribution in [0.2, 0.25) is 0 Å². The second kappa shape index (κ2) is 5.12. The van der Waals surface area contributed by atoms with Gasteiger partial charge in [0.2, 0.25) is 0 Å². The monoisotopic (exact) mass is 278 g/mol. The maximum atomic E-state index is 11.3.